The van der Waals surface area contributed by atoms with Crippen LogP contribution in [0.3, 0.4) is 0 Å². The predicted molar refractivity (Wildman–Crippen MR) is 64.7 cm³/mol. The van der Waals surface area contributed by atoms with Gasteiger partial charge in [-0.1, -0.05) is 43.9 Å². The van der Waals surface area contributed by atoms with Gasteiger partial charge in [0.15, 0.2) is 0 Å². The predicted octanol–water partition coefficient (Wildman–Crippen LogP) is 3.56. The molecular weight excluding hydrogens is 228 g/mol. The zero-order chi connectivity index (χ0) is 12.9. The van der Waals surface area contributed by atoms with Gasteiger partial charge in [-0.3, -0.25) is 0 Å². The minimum absolute atomic E-state index is 0.0528. The van der Waals surface area contributed by atoms with Crippen molar-refractivity contribution < 1.29 is 17.7 Å². The first-order chi connectivity index (χ1) is 7.95. The molecule has 0 radical (unpaired) electrons. The van der Waals surface area contributed by atoms with Gasteiger partial charge in [0.1, 0.15) is 0 Å². The molecular formula is C12H17BF3O-. The molecule has 0 saturated carbocycles. The maximum absolute atomic E-state index is 12.7. The van der Waals surface area contributed by atoms with Gasteiger partial charge < -0.3 is 17.7 Å². The summed E-state index contributed by atoms with van der Waals surface area (Å²) >= 11 is 0. The van der Waals surface area contributed by atoms with Crippen molar-refractivity contribution in [3.8, 4) is 5.75 Å². The summed E-state index contributed by atoms with van der Waals surface area (Å²) in [6, 6.07) is 5.39. The molecule has 0 aromatic heterocycles. The number of benzene rings is 1. The molecule has 0 heterocycles. The van der Waals surface area contributed by atoms with Crippen LogP contribution >= 0.6 is 0 Å². The smallest absolute Gasteiger partial charge is 0.496 e. The highest BCUT2D eigenvalue weighted by molar-refractivity contribution is 6.74. The zero-order valence-electron chi connectivity index (χ0n) is 10.1. The van der Waals surface area contributed by atoms with Gasteiger partial charge in [0.2, 0.25) is 0 Å². The van der Waals surface area contributed by atoms with Crippen LogP contribution in [0.5, 0.6) is 5.75 Å². The first kappa shape index (κ1) is 13.9. The quantitative estimate of drug-likeness (QED) is 0.696. The van der Waals surface area contributed by atoms with Gasteiger partial charge in [0.25, 0.3) is 0 Å². The second-order valence-corrected chi connectivity index (χ2v) is 4.32. The van der Waals surface area contributed by atoms with Crippen molar-refractivity contribution >= 4 is 12.4 Å². The highest BCUT2D eigenvalue weighted by Gasteiger charge is 2.28. The Morgan fingerprint density at radius 3 is 2.47 bits per heavy atom. The van der Waals surface area contributed by atoms with E-state index in [0.29, 0.717) is 6.61 Å². The second kappa shape index (κ2) is 5.98. The molecule has 17 heavy (non-hydrogen) atoms. The van der Waals surface area contributed by atoms with Crippen molar-refractivity contribution in [2.45, 2.75) is 26.7 Å². The van der Waals surface area contributed by atoms with Crippen molar-refractivity contribution in [2.75, 3.05) is 6.61 Å². The molecule has 0 fully saturated rings. The minimum Gasteiger partial charge on any atom is -0.496 e. The van der Waals surface area contributed by atoms with Crippen LogP contribution < -0.4 is 10.2 Å². The number of rotatable bonds is 6. The molecule has 0 N–H and O–H groups in total. The first-order valence-corrected chi connectivity index (χ1v) is 5.86. The third-order valence-electron chi connectivity index (χ3n) is 2.58. The third-order valence-corrected chi connectivity index (χ3v) is 2.58. The van der Waals surface area contributed by atoms with E-state index >= 15 is 0 Å². The van der Waals surface area contributed by atoms with Crippen molar-refractivity contribution in [3.63, 3.8) is 0 Å². The van der Waals surface area contributed by atoms with E-state index in [-0.39, 0.29) is 11.7 Å². The highest BCUT2D eigenvalue weighted by Crippen LogP contribution is 2.18. The summed E-state index contributed by atoms with van der Waals surface area (Å²) in [5.74, 6) is 0.219. The van der Waals surface area contributed by atoms with Crippen molar-refractivity contribution in [1.82, 2.24) is 0 Å². The van der Waals surface area contributed by atoms with Gasteiger partial charge >= 0.3 is 6.98 Å². The fourth-order valence-corrected chi connectivity index (χ4v) is 1.69. The van der Waals surface area contributed by atoms with Crippen LogP contribution in [0.2, 0.25) is 0 Å². The van der Waals surface area contributed by atoms with Crippen LogP contribution in [0.1, 0.15) is 26.7 Å². The van der Waals surface area contributed by atoms with E-state index < -0.39 is 12.4 Å². The summed E-state index contributed by atoms with van der Waals surface area (Å²) in [7, 11) is 0. The van der Waals surface area contributed by atoms with Gasteiger partial charge in [-0.05, 0) is 18.4 Å². The minimum atomic E-state index is -5.00. The largest absolute Gasteiger partial charge is 0.513 e. The van der Waals surface area contributed by atoms with Crippen LogP contribution in [-0.4, -0.2) is 13.6 Å². The highest BCUT2D eigenvalue weighted by atomic mass is 19.4. The van der Waals surface area contributed by atoms with Gasteiger partial charge in [-0.25, -0.2) is 0 Å². The van der Waals surface area contributed by atoms with E-state index in [9.17, 15) is 12.9 Å². The van der Waals surface area contributed by atoms with E-state index in [4.69, 9.17) is 4.74 Å². The lowest BCUT2D eigenvalue weighted by Gasteiger charge is -2.21. The van der Waals surface area contributed by atoms with E-state index in [1.807, 2.05) is 13.8 Å². The van der Waals surface area contributed by atoms with Crippen LogP contribution in [0, 0.1) is 5.92 Å². The molecule has 1 unspecified atom stereocenters. The molecule has 0 saturated heterocycles. The zero-order valence-corrected chi connectivity index (χ0v) is 10.1. The van der Waals surface area contributed by atoms with Crippen LogP contribution in [0.4, 0.5) is 12.9 Å². The van der Waals surface area contributed by atoms with Gasteiger partial charge in [-0.15, -0.1) is 0 Å². The number of hydrogen-bond acceptors (Lipinski definition) is 1. The number of ether oxygens (including phenoxy) is 1. The molecule has 0 amide bonds. The Morgan fingerprint density at radius 1 is 1.24 bits per heavy atom. The maximum atomic E-state index is 12.7. The van der Waals surface area contributed by atoms with Crippen molar-refractivity contribution in [1.29, 1.82) is 0 Å². The second-order valence-electron chi connectivity index (χ2n) is 4.32. The fraction of sp³-hybridized carbons (Fsp3) is 0.500. The molecule has 0 aliphatic rings. The number of halogens is 3. The van der Waals surface area contributed by atoms with Gasteiger partial charge in [0, 0.05) is 0 Å². The summed E-state index contributed by atoms with van der Waals surface area (Å²) in [6.07, 6.45) is 1.97. The van der Waals surface area contributed by atoms with Crippen molar-refractivity contribution in [2.24, 2.45) is 5.92 Å². The summed E-state index contributed by atoms with van der Waals surface area (Å²) in [5.41, 5.74) is -0.642. The molecule has 96 valence electrons. The van der Waals surface area contributed by atoms with Crippen molar-refractivity contribution in [3.05, 3.63) is 24.3 Å². The Balaban J connectivity index is 2.71. The molecule has 0 aliphatic carbocycles. The van der Waals surface area contributed by atoms with E-state index in [1.165, 1.54) is 12.1 Å². The standard InChI is InChI=1S/C12H17BF3O/c1-3-6-10(2)9-17-12-8-5-4-7-11(12)13(14,15)16/h4-5,7-8,10H,3,6,9H2,1-2H3/q-1. The van der Waals surface area contributed by atoms with E-state index in [0.717, 1.165) is 18.9 Å². The van der Waals surface area contributed by atoms with Gasteiger partial charge in [0.05, 0.1) is 12.4 Å². The number of hydrogen-bond donors (Lipinski definition) is 0. The molecule has 1 aromatic rings. The summed E-state index contributed by atoms with van der Waals surface area (Å²) in [4.78, 5) is 0. The van der Waals surface area contributed by atoms with Crippen LogP contribution in [0.15, 0.2) is 24.3 Å². The molecule has 0 spiro atoms. The van der Waals surface area contributed by atoms with E-state index in [2.05, 4.69) is 0 Å². The summed E-state index contributed by atoms with van der Waals surface area (Å²) < 4.78 is 43.4. The first-order valence-electron chi connectivity index (χ1n) is 5.86. The van der Waals surface area contributed by atoms with Crippen LogP contribution in [-0.2, 0) is 0 Å². The lowest BCUT2D eigenvalue weighted by molar-refractivity contribution is 0.252. The lowest BCUT2D eigenvalue weighted by Crippen LogP contribution is -2.35. The molecule has 1 rings (SSSR count). The SMILES string of the molecule is CCCC(C)COc1ccccc1[B-](F)(F)F. The molecule has 1 nitrogen and oxygen atoms in total. The van der Waals surface area contributed by atoms with Crippen LogP contribution in [0.25, 0.3) is 0 Å². The molecule has 0 aliphatic heterocycles. The molecule has 1 aromatic carbocycles. The number of para-hydroxylation sites is 1. The Morgan fingerprint density at radius 2 is 1.88 bits per heavy atom. The normalized spacial score (nSPS) is 13.5. The molecule has 5 heteroatoms. The molecule has 1 atom stereocenters. The van der Waals surface area contributed by atoms with E-state index in [1.54, 1.807) is 6.07 Å². The maximum Gasteiger partial charge on any atom is 0.513 e. The summed E-state index contributed by atoms with van der Waals surface area (Å²) in [5, 5.41) is 0. The summed E-state index contributed by atoms with van der Waals surface area (Å²) in [6.45, 7) is -0.651. The topological polar surface area (TPSA) is 9.23 Å². The Hall–Kier alpha value is -1.13. The average molecular weight is 245 g/mol. The third kappa shape index (κ3) is 4.33. The van der Waals surface area contributed by atoms with Gasteiger partial charge in [-0.2, -0.15) is 0 Å². The average Bonchev–Trinajstić information content (AvgIpc) is 2.26. The lowest BCUT2D eigenvalue weighted by atomic mass is 9.79. The molecule has 0 bridgehead atoms. The fourth-order valence-electron chi connectivity index (χ4n) is 1.69. The Bertz CT molecular complexity index is 352. The Labute approximate surface area is 100 Å². The monoisotopic (exact) mass is 245 g/mol. The Kier molecular flexibility index (Phi) is 4.91.